The normalized spacial score (nSPS) is 11.9. The summed E-state index contributed by atoms with van der Waals surface area (Å²) in [6.07, 6.45) is -9.63. The van der Waals surface area contributed by atoms with Crippen molar-refractivity contribution in [3.05, 3.63) is 64.8 Å². The van der Waals surface area contributed by atoms with Gasteiger partial charge in [0.15, 0.2) is 5.69 Å². The average molecular weight is 412 g/mol. The molecule has 5 nitrogen and oxygen atoms in total. The zero-order valence-corrected chi connectivity index (χ0v) is 14.3. The summed E-state index contributed by atoms with van der Waals surface area (Å²) in [5.41, 5.74) is -0.409. The molecule has 0 aliphatic carbocycles. The van der Waals surface area contributed by atoms with Crippen molar-refractivity contribution in [3.63, 3.8) is 0 Å². The van der Waals surface area contributed by atoms with Gasteiger partial charge in [0.1, 0.15) is 17.5 Å². The van der Waals surface area contributed by atoms with Gasteiger partial charge in [-0.3, -0.25) is 0 Å². The minimum Gasteiger partial charge on any atom is -0.406 e. The summed E-state index contributed by atoms with van der Waals surface area (Å²) in [7, 11) is 0. The molecule has 1 N–H and O–H groups in total. The molecule has 11 heteroatoms. The fourth-order valence-corrected chi connectivity index (χ4v) is 2.69. The number of hydrogen-bond donors (Lipinski definition) is 1. The van der Waals surface area contributed by atoms with Crippen molar-refractivity contribution in [1.82, 2.24) is 15.4 Å². The molecule has 0 amide bonds. The van der Waals surface area contributed by atoms with Gasteiger partial charge < -0.3 is 4.74 Å². The Morgan fingerprint density at radius 3 is 2.41 bits per heavy atom. The molecule has 0 bridgehead atoms. The molecule has 1 aromatic heterocycles. The number of rotatable bonds is 4. The van der Waals surface area contributed by atoms with Gasteiger partial charge in [0.2, 0.25) is 0 Å². The van der Waals surface area contributed by atoms with Crippen LogP contribution in [0.1, 0.15) is 22.4 Å². The number of halogens is 6. The van der Waals surface area contributed by atoms with Crippen molar-refractivity contribution >= 4 is 0 Å². The van der Waals surface area contributed by atoms with E-state index in [-0.39, 0.29) is 34.5 Å². The molecule has 0 aliphatic rings. The van der Waals surface area contributed by atoms with Gasteiger partial charge in [-0.2, -0.15) is 18.4 Å². The molecule has 1 heterocycles. The zero-order chi connectivity index (χ0) is 21.2. The van der Waals surface area contributed by atoms with E-state index >= 15 is 0 Å². The van der Waals surface area contributed by atoms with Crippen molar-refractivity contribution in [2.24, 2.45) is 0 Å². The molecular weight excluding hydrogens is 402 g/mol. The van der Waals surface area contributed by atoms with E-state index < -0.39 is 23.9 Å². The number of aromatic amines is 1. The molecule has 2 aromatic carbocycles. The molecule has 0 aliphatic heterocycles. The summed E-state index contributed by atoms with van der Waals surface area (Å²) in [6.45, 7) is 0. The summed E-state index contributed by atoms with van der Waals surface area (Å²) >= 11 is 0. The number of hydrogen-bond acceptors (Lipinski definition) is 4. The lowest BCUT2D eigenvalue weighted by atomic mass is 9.99. The number of ether oxygens (including phenoxy) is 1. The van der Waals surface area contributed by atoms with Gasteiger partial charge in [0.05, 0.1) is 5.56 Å². The van der Waals surface area contributed by atoms with Crippen molar-refractivity contribution in [2.75, 3.05) is 0 Å². The van der Waals surface area contributed by atoms with Crippen molar-refractivity contribution < 1.29 is 31.1 Å². The second kappa shape index (κ2) is 7.46. The molecule has 0 fully saturated rings. The molecule has 0 saturated heterocycles. The van der Waals surface area contributed by atoms with Crippen LogP contribution in [0.25, 0.3) is 11.3 Å². The van der Waals surface area contributed by atoms with Gasteiger partial charge in [-0.1, -0.05) is 23.4 Å². The molecule has 3 aromatic rings. The van der Waals surface area contributed by atoms with Crippen LogP contribution in [-0.4, -0.2) is 21.8 Å². The molecule has 0 atom stereocenters. The van der Waals surface area contributed by atoms with E-state index in [4.69, 9.17) is 5.26 Å². The quantitative estimate of drug-likeness (QED) is 0.622. The number of nitrogens with one attached hydrogen (secondary N) is 1. The molecule has 3 rings (SSSR count). The molecule has 150 valence electrons. The average Bonchev–Trinajstić information content (AvgIpc) is 3.08. The Bertz CT molecular complexity index is 1070. The van der Waals surface area contributed by atoms with Gasteiger partial charge in [-0.05, 0) is 41.8 Å². The van der Waals surface area contributed by atoms with Gasteiger partial charge >= 0.3 is 12.5 Å². The lowest BCUT2D eigenvalue weighted by Gasteiger charge is -2.13. The smallest absolute Gasteiger partial charge is 0.406 e. The molecule has 0 unspecified atom stereocenters. The Balaban J connectivity index is 2.03. The van der Waals surface area contributed by atoms with E-state index in [9.17, 15) is 26.3 Å². The highest BCUT2D eigenvalue weighted by molar-refractivity contribution is 5.67. The summed E-state index contributed by atoms with van der Waals surface area (Å²) in [5, 5.41) is 18.5. The van der Waals surface area contributed by atoms with Gasteiger partial charge in [-0.25, -0.2) is 5.10 Å². The first-order valence-electron chi connectivity index (χ1n) is 7.92. The number of benzene rings is 2. The van der Waals surface area contributed by atoms with E-state index in [1.165, 1.54) is 18.2 Å². The third kappa shape index (κ3) is 5.04. The molecule has 0 spiro atoms. The van der Waals surface area contributed by atoms with E-state index in [2.05, 4.69) is 20.1 Å². The third-order valence-corrected chi connectivity index (χ3v) is 3.80. The number of nitriles is 1. The molecule has 0 saturated carbocycles. The highest BCUT2D eigenvalue weighted by Gasteiger charge is 2.32. The van der Waals surface area contributed by atoms with Crippen molar-refractivity contribution in [3.8, 4) is 23.1 Å². The standard InChI is InChI=1S/C18H10F6N4O/c19-17(20,21)13-3-1-2-10(6-13)4-11-5-12(16-15(9-25)26-28-27-16)8-14(7-11)29-18(22,23)24/h1-3,5-8H,4H2,(H,26,27,28). The van der Waals surface area contributed by atoms with Crippen LogP contribution in [0, 0.1) is 11.3 Å². The Labute approximate surface area is 159 Å². The minimum absolute atomic E-state index is 0.00887. The van der Waals surface area contributed by atoms with Crippen LogP contribution >= 0.6 is 0 Å². The largest absolute Gasteiger partial charge is 0.573 e. The SMILES string of the molecule is N#Cc1[nH]nnc1-c1cc(Cc2cccc(C(F)(F)F)c2)cc(OC(F)(F)F)c1. The lowest BCUT2D eigenvalue weighted by molar-refractivity contribution is -0.274. The Morgan fingerprint density at radius 2 is 1.76 bits per heavy atom. The predicted octanol–water partition coefficient (Wildman–Crippen LogP) is 4.85. The summed E-state index contributed by atoms with van der Waals surface area (Å²) in [6, 6.07) is 9.68. The Kier molecular flexibility index (Phi) is 5.19. The van der Waals surface area contributed by atoms with Crippen LogP contribution in [0.15, 0.2) is 42.5 Å². The van der Waals surface area contributed by atoms with Gasteiger partial charge in [0, 0.05) is 5.56 Å². The fraction of sp³-hybridized carbons (Fsp3) is 0.167. The Hall–Kier alpha value is -3.55. The van der Waals surface area contributed by atoms with Crippen LogP contribution in [-0.2, 0) is 12.6 Å². The molecule has 29 heavy (non-hydrogen) atoms. The molecule has 0 radical (unpaired) electrons. The summed E-state index contributed by atoms with van der Waals surface area (Å²) in [5.74, 6) is -0.594. The first-order valence-corrected chi connectivity index (χ1v) is 7.92. The number of alkyl halides is 6. The first-order chi connectivity index (χ1) is 13.5. The van der Waals surface area contributed by atoms with Gasteiger partial charge in [0.25, 0.3) is 0 Å². The van der Waals surface area contributed by atoms with Crippen LogP contribution in [0.2, 0.25) is 0 Å². The van der Waals surface area contributed by atoms with Gasteiger partial charge in [-0.15, -0.1) is 18.3 Å². The summed E-state index contributed by atoms with van der Waals surface area (Å²) < 4.78 is 80.6. The minimum atomic E-state index is -4.98. The fourth-order valence-electron chi connectivity index (χ4n) is 2.69. The predicted molar refractivity (Wildman–Crippen MR) is 87.5 cm³/mol. The second-order valence-electron chi connectivity index (χ2n) is 5.94. The highest BCUT2D eigenvalue weighted by atomic mass is 19.4. The van der Waals surface area contributed by atoms with Crippen LogP contribution < -0.4 is 4.74 Å². The number of aromatic nitrogens is 3. The Morgan fingerprint density at radius 1 is 1.00 bits per heavy atom. The molecular formula is C18H10F6N4O. The zero-order valence-electron chi connectivity index (χ0n) is 14.3. The highest BCUT2D eigenvalue weighted by Crippen LogP contribution is 2.32. The number of nitrogens with zero attached hydrogens (tertiary/aromatic N) is 3. The van der Waals surface area contributed by atoms with Crippen LogP contribution in [0.4, 0.5) is 26.3 Å². The monoisotopic (exact) mass is 412 g/mol. The van der Waals surface area contributed by atoms with E-state index in [1.807, 2.05) is 0 Å². The summed E-state index contributed by atoms with van der Waals surface area (Å²) in [4.78, 5) is 0. The topological polar surface area (TPSA) is 74.6 Å². The van der Waals surface area contributed by atoms with E-state index in [0.717, 1.165) is 24.3 Å². The first kappa shape index (κ1) is 20.2. The van der Waals surface area contributed by atoms with Crippen LogP contribution in [0.3, 0.4) is 0 Å². The maximum atomic E-state index is 12.9. The van der Waals surface area contributed by atoms with E-state index in [0.29, 0.717) is 0 Å². The van der Waals surface area contributed by atoms with Crippen molar-refractivity contribution in [2.45, 2.75) is 19.0 Å². The van der Waals surface area contributed by atoms with Crippen molar-refractivity contribution in [1.29, 1.82) is 5.26 Å². The maximum Gasteiger partial charge on any atom is 0.573 e. The third-order valence-electron chi connectivity index (χ3n) is 3.80. The number of H-pyrrole nitrogens is 1. The maximum absolute atomic E-state index is 12.9. The second-order valence-corrected chi connectivity index (χ2v) is 5.94. The van der Waals surface area contributed by atoms with E-state index in [1.54, 1.807) is 6.07 Å². The lowest BCUT2D eigenvalue weighted by Crippen LogP contribution is -2.17. The van der Waals surface area contributed by atoms with Crippen LogP contribution in [0.5, 0.6) is 5.75 Å².